The Hall–Kier alpha value is -3.70. The van der Waals surface area contributed by atoms with Crippen LogP contribution in [0.25, 0.3) is 15.8 Å². The van der Waals surface area contributed by atoms with Gasteiger partial charge in [-0.3, -0.25) is 4.79 Å². The number of nitriles is 1. The molecule has 0 atom stereocenters. The number of aromatic nitrogens is 1. The molecule has 0 aliphatic heterocycles. The van der Waals surface area contributed by atoms with Crippen LogP contribution in [-0.2, 0) is 9.53 Å². The molecule has 2 N–H and O–H groups in total. The van der Waals surface area contributed by atoms with Gasteiger partial charge in [-0.25, -0.2) is 9.78 Å². The number of hydrogen-bond acceptors (Lipinski definition) is 7. The first-order chi connectivity index (χ1) is 13.5. The first-order valence-electron chi connectivity index (χ1n) is 8.21. The van der Waals surface area contributed by atoms with Crippen molar-refractivity contribution in [3.8, 4) is 6.07 Å². The average Bonchev–Trinajstić information content (AvgIpc) is 3.10. The Balaban J connectivity index is 1.75. The van der Waals surface area contributed by atoms with Crippen LogP contribution in [0.1, 0.15) is 22.3 Å². The summed E-state index contributed by atoms with van der Waals surface area (Å²) in [5, 5.41) is 22.6. The monoisotopic (exact) mass is 393 g/mol. The average molecular weight is 393 g/mol. The molecular formula is C20H15N3O4S. The van der Waals surface area contributed by atoms with Gasteiger partial charge in [0.2, 0.25) is 5.91 Å². The summed E-state index contributed by atoms with van der Waals surface area (Å²) in [4.78, 5) is 27.7. The first kappa shape index (κ1) is 19.1. The molecule has 140 valence electrons. The van der Waals surface area contributed by atoms with Crippen molar-refractivity contribution in [1.29, 1.82) is 5.26 Å². The number of esters is 1. The van der Waals surface area contributed by atoms with Crippen molar-refractivity contribution < 1.29 is 19.4 Å². The van der Waals surface area contributed by atoms with Crippen LogP contribution in [0.15, 0.2) is 54.3 Å². The van der Waals surface area contributed by atoms with Gasteiger partial charge in [-0.2, -0.15) is 5.26 Å². The van der Waals surface area contributed by atoms with Crippen LogP contribution in [0.3, 0.4) is 0 Å². The second-order valence-corrected chi connectivity index (χ2v) is 6.79. The Morgan fingerprint density at radius 2 is 2.04 bits per heavy atom. The van der Waals surface area contributed by atoms with Crippen molar-refractivity contribution in [3.63, 3.8) is 0 Å². The maximum Gasteiger partial charge on any atom is 0.338 e. The highest BCUT2D eigenvalue weighted by atomic mass is 32.1. The van der Waals surface area contributed by atoms with Gasteiger partial charge in [0.05, 0.1) is 15.8 Å². The maximum atomic E-state index is 12.2. The lowest BCUT2D eigenvalue weighted by Crippen LogP contribution is -2.10. The first-order valence-corrected chi connectivity index (χ1v) is 9.02. The molecule has 0 fully saturated rings. The number of benzene rings is 2. The molecule has 8 heteroatoms. The van der Waals surface area contributed by atoms with E-state index in [1.165, 1.54) is 30.4 Å². The van der Waals surface area contributed by atoms with Crippen LogP contribution in [0, 0.1) is 11.3 Å². The number of aliphatic hydroxyl groups excluding tert-OH is 1. The number of hydrogen-bond donors (Lipinski definition) is 2. The fraction of sp³-hybridized carbons (Fsp3) is 0.100. The summed E-state index contributed by atoms with van der Waals surface area (Å²) in [6.45, 7) is 0.890. The highest BCUT2D eigenvalue weighted by Gasteiger charge is 2.16. The van der Waals surface area contributed by atoms with Crippen molar-refractivity contribution in [2.75, 3.05) is 11.9 Å². The Labute approximate surface area is 164 Å². The van der Waals surface area contributed by atoms with Crippen LogP contribution in [0.5, 0.6) is 0 Å². The topological polar surface area (TPSA) is 112 Å². The van der Waals surface area contributed by atoms with Crippen LogP contribution in [-0.4, -0.2) is 28.6 Å². The second-order valence-electron chi connectivity index (χ2n) is 5.76. The zero-order valence-corrected chi connectivity index (χ0v) is 15.6. The number of anilines is 1. The van der Waals surface area contributed by atoms with Gasteiger partial charge in [0.25, 0.3) is 0 Å². The Morgan fingerprint density at radius 3 is 2.75 bits per heavy atom. The molecule has 3 aromatic rings. The number of rotatable bonds is 5. The number of ether oxygens (including phenoxy) is 1. The summed E-state index contributed by atoms with van der Waals surface area (Å²) in [6, 6.07) is 15.5. The standard InChI is InChI=1S/C20H15N3O4S/c1-12(24)22-14-6-4-5-13(9-14)20(26)27-11-17(25)15(10-21)19-23-16-7-2-3-8-18(16)28-19/h2-9,25H,11H2,1H3,(H,22,24). The number of carbonyl (C=O) groups excluding carboxylic acids is 2. The van der Waals surface area contributed by atoms with E-state index in [2.05, 4.69) is 10.3 Å². The normalized spacial score (nSPS) is 11.4. The van der Waals surface area contributed by atoms with Gasteiger partial charge in [-0.05, 0) is 30.3 Å². The smallest absolute Gasteiger partial charge is 0.338 e. The van der Waals surface area contributed by atoms with E-state index in [9.17, 15) is 20.0 Å². The molecule has 0 bridgehead atoms. The maximum absolute atomic E-state index is 12.2. The summed E-state index contributed by atoms with van der Waals surface area (Å²) in [6.07, 6.45) is 0. The van der Waals surface area contributed by atoms with Crippen LogP contribution in [0.4, 0.5) is 5.69 Å². The number of fused-ring (bicyclic) bond motifs is 1. The van der Waals surface area contributed by atoms with Crippen molar-refractivity contribution in [2.45, 2.75) is 6.92 Å². The molecule has 0 saturated heterocycles. The molecule has 1 aromatic heterocycles. The van der Waals surface area contributed by atoms with E-state index in [1.54, 1.807) is 12.1 Å². The summed E-state index contributed by atoms with van der Waals surface area (Å²) in [5.74, 6) is -1.34. The van der Waals surface area contributed by atoms with Crippen LogP contribution < -0.4 is 5.32 Å². The number of carbonyl (C=O) groups is 2. The van der Waals surface area contributed by atoms with Gasteiger partial charge in [0, 0.05) is 12.6 Å². The minimum absolute atomic E-state index is 0.0407. The SMILES string of the molecule is CC(=O)Nc1cccc(C(=O)OCC(O)=C(C#N)c2nc3ccccc3s2)c1. The fourth-order valence-corrected chi connectivity index (χ4v) is 3.41. The number of thiazole rings is 1. The summed E-state index contributed by atoms with van der Waals surface area (Å²) >= 11 is 1.26. The molecule has 28 heavy (non-hydrogen) atoms. The summed E-state index contributed by atoms with van der Waals surface area (Å²) in [7, 11) is 0. The number of nitrogens with one attached hydrogen (secondary N) is 1. The van der Waals surface area contributed by atoms with Crippen LogP contribution in [0.2, 0.25) is 0 Å². The fourth-order valence-electron chi connectivity index (χ4n) is 2.43. The molecule has 0 aliphatic rings. The van der Waals surface area contributed by atoms with Crippen molar-refractivity contribution in [2.24, 2.45) is 0 Å². The van der Waals surface area contributed by atoms with Gasteiger partial charge in [-0.15, -0.1) is 11.3 Å². The Bertz CT molecular complexity index is 1090. The Kier molecular flexibility index (Phi) is 5.67. The third-order valence-corrected chi connectivity index (χ3v) is 4.72. The van der Waals surface area contributed by atoms with Gasteiger partial charge in [0.15, 0.2) is 5.76 Å². The number of amides is 1. The number of para-hydroxylation sites is 1. The van der Waals surface area contributed by atoms with E-state index in [-0.39, 0.29) is 22.8 Å². The Morgan fingerprint density at radius 1 is 1.25 bits per heavy atom. The summed E-state index contributed by atoms with van der Waals surface area (Å²) in [5.41, 5.74) is 1.34. The van der Waals surface area contributed by atoms with E-state index in [4.69, 9.17) is 4.74 Å². The van der Waals surface area contributed by atoms with Gasteiger partial charge < -0.3 is 15.2 Å². The zero-order valence-electron chi connectivity index (χ0n) is 14.8. The predicted molar refractivity (Wildman–Crippen MR) is 106 cm³/mol. The van der Waals surface area contributed by atoms with Gasteiger partial charge in [-0.1, -0.05) is 18.2 Å². The van der Waals surface area contributed by atoms with E-state index < -0.39 is 12.6 Å². The van der Waals surface area contributed by atoms with Crippen LogP contribution >= 0.6 is 11.3 Å². The molecule has 7 nitrogen and oxygen atoms in total. The molecule has 2 aromatic carbocycles. The number of aliphatic hydroxyl groups is 1. The minimum Gasteiger partial charge on any atom is -0.507 e. The molecule has 0 spiro atoms. The van der Waals surface area contributed by atoms with E-state index in [0.717, 1.165) is 10.2 Å². The lowest BCUT2D eigenvalue weighted by molar-refractivity contribution is -0.114. The highest BCUT2D eigenvalue weighted by Crippen LogP contribution is 2.28. The zero-order chi connectivity index (χ0) is 20.1. The van der Waals surface area contributed by atoms with Crippen molar-refractivity contribution in [3.05, 3.63) is 64.9 Å². The molecule has 0 aliphatic carbocycles. The quantitative estimate of drug-likeness (QED) is 0.386. The van der Waals surface area contributed by atoms with Crippen molar-refractivity contribution in [1.82, 2.24) is 4.98 Å². The third kappa shape index (κ3) is 4.34. The number of nitrogens with zero attached hydrogens (tertiary/aromatic N) is 2. The van der Waals surface area contributed by atoms with Gasteiger partial charge in [0.1, 0.15) is 23.3 Å². The molecule has 3 rings (SSSR count). The molecule has 1 amide bonds. The van der Waals surface area contributed by atoms with Gasteiger partial charge >= 0.3 is 5.97 Å². The molecule has 0 radical (unpaired) electrons. The lowest BCUT2D eigenvalue weighted by atomic mass is 10.2. The molecule has 1 heterocycles. The largest absolute Gasteiger partial charge is 0.507 e. The third-order valence-electron chi connectivity index (χ3n) is 3.67. The van der Waals surface area contributed by atoms with E-state index >= 15 is 0 Å². The number of allylic oxidation sites excluding steroid dienone is 1. The summed E-state index contributed by atoms with van der Waals surface area (Å²) < 4.78 is 5.97. The molecular weight excluding hydrogens is 378 g/mol. The van der Waals surface area contributed by atoms with Crippen molar-refractivity contribution >= 4 is 44.7 Å². The lowest BCUT2D eigenvalue weighted by Gasteiger charge is -2.07. The molecule has 0 unspecified atom stereocenters. The van der Waals surface area contributed by atoms with E-state index in [0.29, 0.717) is 10.7 Å². The highest BCUT2D eigenvalue weighted by molar-refractivity contribution is 7.19. The predicted octanol–water partition coefficient (Wildman–Crippen LogP) is 3.90. The molecule has 0 saturated carbocycles. The second kappa shape index (κ2) is 8.33. The minimum atomic E-state index is -0.694. The van der Waals surface area contributed by atoms with E-state index in [1.807, 2.05) is 30.3 Å².